The Morgan fingerprint density at radius 1 is 1.20 bits per heavy atom. The van der Waals surface area contributed by atoms with Crippen LogP contribution >= 0.6 is 0 Å². The van der Waals surface area contributed by atoms with Gasteiger partial charge in [0.2, 0.25) is 0 Å². The molecule has 1 aliphatic heterocycles. The molecule has 0 saturated carbocycles. The summed E-state index contributed by atoms with van der Waals surface area (Å²) in [6.45, 7) is 7.99. The van der Waals surface area contributed by atoms with Crippen molar-refractivity contribution in [3.05, 3.63) is 24.3 Å². The zero-order valence-corrected chi connectivity index (χ0v) is 12.0. The highest BCUT2D eigenvalue weighted by Crippen LogP contribution is 2.22. The number of hydrogen-bond acceptors (Lipinski definition) is 5. The minimum absolute atomic E-state index is 0.639. The van der Waals surface area contributed by atoms with Gasteiger partial charge in [-0.3, -0.25) is 4.90 Å². The molecule has 0 unspecified atom stereocenters. The summed E-state index contributed by atoms with van der Waals surface area (Å²) in [5.74, 6) is 0. The average Bonchev–Trinajstić information content (AvgIpc) is 2.81. The maximum Gasteiger partial charge on any atom is 0.298 e. The number of rotatable bonds is 3. The van der Waals surface area contributed by atoms with E-state index in [4.69, 9.17) is 4.42 Å². The van der Waals surface area contributed by atoms with Crippen LogP contribution in [-0.2, 0) is 0 Å². The molecule has 1 aromatic heterocycles. The molecule has 5 nitrogen and oxygen atoms in total. The fraction of sp³-hybridized carbons (Fsp3) is 0.533. The predicted octanol–water partition coefficient (Wildman–Crippen LogP) is 1.72. The van der Waals surface area contributed by atoms with Crippen molar-refractivity contribution < 1.29 is 9.52 Å². The average molecular weight is 275 g/mol. The van der Waals surface area contributed by atoms with Gasteiger partial charge in [-0.1, -0.05) is 12.1 Å². The number of β-amino-alcohol motifs (C(OH)–C–C–N with tert-alkyl or cyclic N) is 1. The van der Waals surface area contributed by atoms with Crippen LogP contribution in [0.1, 0.15) is 13.8 Å². The molecular weight excluding hydrogens is 254 g/mol. The van der Waals surface area contributed by atoms with E-state index in [2.05, 4.69) is 14.8 Å². The number of benzene rings is 1. The number of aromatic nitrogens is 1. The van der Waals surface area contributed by atoms with Gasteiger partial charge in [-0.05, 0) is 26.0 Å². The molecule has 1 fully saturated rings. The van der Waals surface area contributed by atoms with Crippen molar-refractivity contribution >= 4 is 17.1 Å². The van der Waals surface area contributed by atoms with E-state index in [1.54, 1.807) is 0 Å². The molecule has 0 aliphatic carbocycles. The Labute approximate surface area is 118 Å². The van der Waals surface area contributed by atoms with Gasteiger partial charge in [0.25, 0.3) is 6.01 Å². The second kappa shape index (κ2) is 5.07. The van der Waals surface area contributed by atoms with Gasteiger partial charge >= 0.3 is 0 Å². The minimum atomic E-state index is -0.639. The predicted molar refractivity (Wildman–Crippen MR) is 79.0 cm³/mol. The molecule has 0 spiro atoms. The topological polar surface area (TPSA) is 52.7 Å². The van der Waals surface area contributed by atoms with Crippen molar-refractivity contribution in [3.8, 4) is 0 Å². The lowest BCUT2D eigenvalue weighted by Crippen LogP contribution is -2.50. The molecule has 20 heavy (non-hydrogen) atoms. The van der Waals surface area contributed by atoms with Gasteiger partial charge < -0.3 is 14.4 Å². The van der Waals surface area contributed by atoms with E-state index < -0.39 is 5.60 Å². The van der Waals surface area contributed by atoms with Crippen LogP contribution in [0.5, 0.6) is 0 Å². The maximum absolute atomic E-state index is 9.86. The normalized spacial score (nSPS) is 17.9. The molecule has 2 heterocycles. The van der Waals surface area contributed by atoms with Gasteiger partial charge in [0, 0.05) is 32.7 Å². The summed E-state index contributed by atoms with van der Waals surface area (Å²) in [7, 11) is 0. The summed E-state index contributed by atoms with van der Waals surface area (Å²) in [5.41, 5.74) is 1.10. The third-order valence-corrected chi connectivity index (χ3v) is 3.54. The van der Waals surface area contributed by atoms with Gasteiger partial charge in [-0.2, -0.15) is 4.98 Å². The second-order valence-electron chi connectivity index (χ2n) is 6.04. The highest BCUT2D eigenvalue weighted by Gasteiger charge is 2.24. The van der Waals surface area contributed by atoms with Gasteiger partial charge in [0.1, 0.15) is 5.52 Å². The number of nitrogens with zero attached hydrogens (tertiary/aromatic N) is 3. The highest BCUT2D eigenvalue weighted by atomic mass is 16.4. The fourth-order valence-electron chi connectivity index (χ4n) is 2.64. The molecular formula is C15H21N3O2. The molecule has 1 saturated heterocycles. The standard InChI is InChI=1S/C15H21N3O2/c1-15(2,19)11-17-7-9-18(10-8-17)14-16-12-5-3-4-6-13(12)20-14/h3-6,19H,7-11H2,1-2H3. The lowest BCUT2D eigenvalue weighted by Gasteiger charge is -2.36. The third-order valence-electron chi connectivity index (χ3n) is 3.54. The van der Waals surface area contributed by atoms with E-state index in [1.807, 2.05) is 38.1 Å². The first-order valence-corrected chi connectivity index (χ1v) is 7.06. The van der Waals surface area contributed by atoms with E-state index in [-0.39, 0.29) is 0 Å². The van der Waals surface area contributed by atoms with Crippen LogP contribution in [0.15, 0.2) is 28.7 Å². The van der Waals surface area contributed by atoms with E-state index in [0.717, 1.165) is 37.3 Å². The summed E-state index contributed by atoms with van der Waals surface area (Å²) in [6.07, 6.45) is 0. The van der Waals surface area contributed by atoms with Crippen LogP contribution in [0.2, 0.25) is 0 Å². The Hall–Kier alpha value is -1.59. The van der Waals surface area contributed by atoms with Crippen molar-refractivity contribution in [2.75, 3.05) is 37.6 Å². The Bertz CT molecular complexity index is 547. The fourth-order valence-corrected chi connectivity index (χ4v) is 2.64. The lowest BCUT2D eigenvalue weighted by atomic mass is 10.1. The molecule has 0 radical (unpaired) electrons. The molecule has 1 aliphatic rings. The largest absolute Gasteiger partial charge is 0.423 e. The van der Waals surface area contributed by atoms with E-state index in [1.165, 1.54) is 0 Å². The van der Waals surface area contributed by atoms with Gasteiger partial charge in [0.15, 0.2) is 5.58 Å². The van der Waals surface area contributed by atoms with Gasteiger partial charge in [-0.25, -0.2) is 0 Å². The van der Waals surface area contributed by atoms with Crippen molar-refractivity contribution in [3.63, 3.8) is 0 Å². The molecule has 0 amide bonds. The Morgan fingerprint density at radius 3 is 2.55 bits per heavy atom. The number of piperazine rings is 1. The number of aliphatic hydroxyl groups is 1. The van der Waals surface area contributed by atoms with Crippen LogP contribution < -0.4 is 4.90 Å². The number of oxazole rings is 1. The van der Waals surface area contributed by atoms with Crippen molar-refractivity contribution in [2.24, 2.45) is 0 Å². The van der Waals surface area contributed by atoms with Gasteiger partial charge in [-0.15, -0.1) is 0 Å². The number of hydrogen-bond donors (Lipinski definition) is 1. The maximum atomic E-state index is 9.86. The molecule has 1 aromatic carbocycles. The van der Waals surface area contributed by atoms with Crippen molar-refractivity contribution in [2.45, 2.75) is 19.4 Å². The first-order chi connectivity index (χ1) is 9.51. The van der Waals surface area contributed by atoms with Crippen molar-refractivity contribution in [1.82, 2.24) is 9.88 Å². The highest BCUT2D eigenvalue weighted by molar-refractivity contribution is 5.74. The molecule has 108 valence electrons. The summed E-state index contributed by atoms with van der Waals surface area (Å²) in [5, 5.41) is 9.86. The first-order valence-electron chi connectivity index (χ1n) is 7.06. The zero-order chi connectivity index (χ0) is 14.2. The van der Waals surface area contributed by atoms with Crippen LogP contribution in [-0.4, -0.2) is 53.3 Å². The van der Waals surface area contributed by atoms with Crippen molar-refractivity contribution in [1.29, 1.82) is 0 Å². The van der Waals surface area contributed by atoms with Crippen LogP contribution in [0, 0.1) is 0 Å². The quantitative estimate of drug-likeness (QED) is 0.924. The molecule has 2 aromatic rings. The SMILES string of the molecule is CC(C)(O)CN1CCN(c2nc3ccccc3o2)CC1. The van der Waals surface area contributed by atoms with Crippen LogP contribution in [0.3, 0.4) is 0 Å². The smallest absolute Gasteiger partial charge is 0.298 e. The Balaban J connectivity index is 1.66. The first kappa shape index (κ1) is 13.4. The summed E-state index contributed by atoms with van der Waals surface area (Å²) in [6, 6.07) is 8.53. The Kier molecular flexibility index (Phi) is 3.40. The van der Waals surface area contributed by atoms with E-state index >= 15 is 0 Å². The number of anilines is 1. The molecule has 5 heteroatoms. The molecule has 0 bridgehead atoms. The van der Waals surface area contributed by atoms with Crippen LogP contribution in [0.25, 0.3) is 11.1 Å². The van der Waals surface area contributed by atoms with Gasteiger partial charge in [0.05, 0.1) is 5.60 Å². The van der Waals surface area contributed by atoms with Crippen LogP contribution in [0.4, 0.5) is 6.01 Å². The number of para-hydroxylation sites is 2. The minimum Gasteiger partial charge on any atom is -0.423 e. The molecule has 1 N–H and O–H groups in total. The zero-order valence-electron chi connectivity index (χ0n) is 12.0. The monoisotopic (exact) mass is 275 g/mol. The lowest BCUT2D eigenvalue weighted by molar-refractivity contribution is 0.0342. The van der Waals surface area contributed by atoms with E-state index in [0.29, 0.717) is 12.6 Å². The molecule has 3 rings (SSSR count). The number of fused-ring (bicyclic) bond motifs is 1. The molecule has 0 atom stereocenters. The summed E-state index contributed by atoms with van der Waals surface area (Å²) in [4.78, 5) is 8.97. The Morgan fingerprint density at radius 2 is 1.90 bits per heavy atom. The summed E-state index contributed by atoms with van der Waals surface area (Å²) >= 11 is 0. The summed E-state index contributed by atoms with van der Waals surface area (Å²) < 4.78 is 5.79. The third kappa shape index (κ3) is 2.94. The second-order valence-corrected chi connectivity index (χ2v) is 6.04. The van der Waals surface area contributed by atoms with E-state index in [9.17, 15) is 5.11 Å².